The summed E-state index contributed by atoms with van der Waals surface area (Å²) in [5.74, 6) is 0. The number of rotatable bonds is 4. The van der Waals surface area contributed by atoms with Crippen molar-refractivity contribution in [3.63, 3.8) is 0 Å². The molecule has 1 fully saturated rings. The second-order valence-corrected chi connectivity index (χ2v) is 4.29. The van der Waals surface area contributed by atoms with Crippen molar-refractivity contribution in [1.29, 1.82) is 0 Å². The third kappa shape index (κ3) is 3.30. The van der Waals surface area contributed by atoms with Crippen LogP contribution in [-0.2, 0) is 11.3 Å². The zero-order valence-corrected chi connectivity index (χ0v) is 9.64. The number of ether oxygens (including phenoxy) is 1. The lowest BCUT2D eigenvalue weighted by molar-refractivity contribution is -0.0335. The predicted molar refractivity (Wildman–Crippen MR) is 65.1 cm³/mol. The third-order valence-corrected chi connectivity index (χ3v) is 2.96. The molecule has 0 radical (unpaired) electrons. The van der Waals surface area contributed by atoms with Crippen LogP contribution in [0.2, 0.25) is 0 Å². The average Bonchev–Trinajstić information content (AvgIpc) is 2.31. The standard InChI is InChI=1S/C13H20N2O/c14-7-6-13-11-15(8-9-16-13)10-12-4-2-1-3-5-12/h1-5,13H,6-11,14H2/t13-/m0/s1. The highest BCUT2D eigenvalue weighted by Crippen LogP contribution is 2.11. The van der Waals surface area contributed by atoms with Crippen LogP contribution in [0.25, 0.3) is 0 Å². The van der Waals surface area contributed by atoms with Crippen LogP contribution in [0.15, 0.2) is 30.3 Å². The van der Waals surface area contributed by atoms with E-state index in [0.717, 1.165) is 32.7 Å². The molecule has 1 aliphatic heterocycles. The summed E-state index contributed by atoms with van der Waals surface area (Å²) < 4.78 is 5.66. The SMILES string of the molecule is NCC[C@H]1CN(Cc2ccccc2)CCO1. The van der Waals surface area contributed by atoms with Crippen LogP contribution in [0, 0.1) is 0 Å². The van der Waals surface area contributed by atoms with Crippen LogP contribution >= 0.6 is 0 Å². The summed E-state index contributed by atoms with van der Waals surface area (Å²) in [6.07, 6.45) is 1.29. The number of nitrogens with zero attached hydrogens (tertiary/aromatic N) is 1. The Morgan fingerprint density at radius 1 is 1.31 bits per heavy atom. The molecule has 3 heteroatoms. The van der Waals surface area contributed by atoms with E-state index in [4.69, 9.17) is 10.5 Å². The van der Waals surface area contributed by atoms with Gasteiger partial charge in [0, 0.05) is 19.6 Å². The molecule has 88 valence electrons. The maximum Gasteiger partial charge on any atom is 0.0714 e. The first kappa shape index (κ1) is 11.6. The second-order valence-electron chi connectivity index (χ2n) is 4.29. The first-order valence-corrected chi connectivity index (χ1v) is 5.96. The Kier molecular flexibility index (Phi) is 4.34. The van der Waals surface area contributed by atoms with Crippen molar-refractivity contribution >= 4 is 0 Å². The minimum absolute atomic E-state index is 0.322. The van der Waals surface area contributed by atoms with Gasteiger partial charge in [-0.05, 0) is 18.5 Å². The first-order valence-electron chi connectivity index (χ1n) is 5.96. The Bertz CT molecular complexity index is 300. The normalized spacial score (nSPS) is 22.2. The summed E-state index contributed by atoms with van der Waals surface area (Å²) in [4.78, 5) is 2.44. The highest BCUT2D eigenvalue weighted by Gasteiger charge is 2.19. The maximum atomic E-state index is 5.66. The van der Waals surface area contributed by atoms with E-state index >= 15 is 0 Å². The van der Waals surface area contributed by atoms with Gasteiger partial charge in [0.15, 0.2) is 0 Å². The molecule has 1 saturated heterocycles. The van der Waals surface area contributed by atoms with Crippen molar-refractivity contribution in [2.45, 2.75) is 19.1 Å². The van der Waals surface area contributed by atoms with Gasteiger partial charge in [-0.1, -0.05) is 30.3 Å². The van der Waals surface area contributed by atoms with Crippen molar-refractivity contribution in [3.8, 4) is 0 Å². The Morgan fingerprint density at radius 3 is 2.88 bits per heavy atom. The molecule has 2 rings (SSSR count). The van der Waals surface area contributed by atoms with Gasteiger partial charge >= 0.3 is 0 Å². The van der Waals surface area contributed by atoms with Crippen LogP contribution in [0.5, 0.6) is 0 Å². The van der Waals surface area contributed by atoms with E-state index in [1.165, 1.54) is 5.56 Å². The predicted octanol–water partition coefficient (Wildman–Crippen LogP) is 1.24. The van der Waals surface area contributed by atoms with Gasteiger partial charge in [0.25, 0.3) is 0 Å². The minimum Gasteiger partial charge on any atom is -0.376 e. The van der Waals surface area contributed by atoms with E-state index in [2.05, 4.69) is 35.2 Å². The maximum absolute atomic E-state index is 5.66. The minimum atomic E-state index is 0.322. The monoisotopic (exact) mass is 220 g/mol. The first-order chi connectivity index (χ1) is 7.88. The molecule has 2 N–H and O–H groups in total. The largest absolute Gasteiger partial charge is 0.376 e. The van der Waals surface area contributed by atoms with Crippen molar-refractivity contribution < 1.29 is 4.74 Å². The lowest BCUT2D eigenvalue weighted by Crippen LogP contribution is -2.42. The number of nitrogens with two attached hydrogens (primary N) is 1. The van der Waals surface area contributed by atoms with Gasteiger partial charge in [-0.25, -0.2) is 0 Å². The van der Waals surface area contributed by atoms with E-state index in [-0.39, 0.29) is 0 Å². The molecule has 0 aromatic heterocycles. The van der Waals surface area contributed by atoms with Crippen LogP contribution in [0.4, 0.5) is 0 Å². The second kappa shape index (κ2) is 5.99. The fourth-order valence-corrected chi connectivity index (χ4v) is 2.13. The highest BCUT2D eigenvalue weighted by atomic mass is 16.5. The molecule has 1 atom stereocenters. The van der Waals surface area contributed by atoms with Crippen molar-refractivity contribution in [2.75, 3.05) is 26.2 Å². The van der Waals surface area contributed by atoms with Gasteiger partial charge in [-0.3, -0.25) is 4.90 Å². The number of hydrogen-bond acceptors (Lipinski definition) is 3. The summed E-state index contributed by atoms with van der Waals surface area (Å²) >= 11 is 0. The van der Waals surface area contributed by atoms with E-state index < -0.39 is 0 Å². The molecule has 1 aromatic carbocycles. The van der Waals surface area contributed by atoms with Crippen molar-refractivity contribution in [1.82, 2.24) is 4.90 Å². The quantitative estimate of drug-likeness (QED) is 0.829. The Hall–Kier alpha value is -0.900. The Morgan fingerprint density at radius 2 is 2.12 bits per heavy atom. The van der Waals surface area contributed by atoms with E-state index in [1.54, 1.807) is 0 Å². The molecule has 0 amide bonds. The number of benzene rings is 1. The van der Waals surface area contributed by atoms with Gasteiger partial charge in [0.2, 0.25) is 0 Å². The summed E-state index contributed by atoms with van der Waals surface area (Å²) in [5.41, 5.74) is 6.93. The summed E-state index contributed by atoms with van der Waals surface area (Å²) in [6.45, 7) is 4.59. The van der Waals surface area contributed by atoms with Gasteiger partial charge in [-0.2, -0.15) is 0 Å². The van der Waals surface area contributed by atoms with E-state index in [1.807, 2.05) is 0 Å². The molecule has 0 unspecified atom stereocenters. The van der Waals surface area contributed by atoms with Crippen LogP contribution in [0.1, 0.15) is 12.0 Å². The van der Waals surface area contributed by atoms with Gasteiger partial charge < -0.3 is 10.5 Å². The lowest BCUT2D eigenvalue weighted by Gasteiger charge is -2.32. The molecule has 3 nitrogen and oxygen atoms in total. The van der Waals surface area contributed by atoms with E-state index in [0.29, 0.717) is 12.6 Å². The summed E-state index contributed by atoms with van der Waals surface area (Å²) in [5, 5.41) is 0. The zero-order chi connectivity index (χ0) is 11.2. The van der Waals surface area contributed by atoms with Crippen LogP contribution in [-0.4, -0.2) is 37.2 Å². The fraction of sp³-hybridized carbons (Fsp3) is 0.538. The third-order valence-electron chi connectivity index (χ3n) is 2.96. The molecule has 0 spiro atoms. The fourth-order valence-electron chi connectivity index (χ4n) is 2.13. The molecule has 1 aromatic rings. The van der Waals surface area contributed by atoms with E-state index in [9.17, 15) is 0 Å². The molecule has 1 heterocycles. The summed E-state index contributed by atoms with van der Waals surface area (Å²) in [6, 6.07) is 10.6. The smallest absolute Gasteiger partial charge is 0.0714 e. The van der Waals surface area contributed by atoms with Crippen LogP contribution in [0.3, 0.4) is 0 Å². The Balaban J connectivity index is 1.85. The van der Waals surface area contributed by atoms with Crippen LogP contribution < -0.4 is 5.73 Å². The topological polar surface area (TPSA) is 38.5 Å². The lowest BCUT2D eigenvalue weighted by atomic mass is 10.1. The van der Waals surface area contributed by atoms with Gasteiger partial charge in [0.05, 0.1) is 12.7 Å². The highest BCUT2D eigenvalue weighted by molar-refractivity contribution is 5.14. The molecule has 0 aliphatic carbocycles. The summed E-state index contributed by atoms with van der Waals surface area (Å²) in [7, 11) is 0. The van der Waals surface area contributed by atoms with Crippen molar-refractivity contribution in [3.05, 3.63) is 35.9 Å². The van der Waals surface area contributed by atoms with Gasteiger partial charge in [0.1, 0.15) is 0 Å². The molecule has 0 bridgehead atoms. The molecule has 16 heavy (non-hydrogen) atoms. The molecule has 1 aliphatic rings. The van der Waals surface area contributed by atoms with Crippen molar-refractivity contribution in [2.24, 2.45) is 5.73 Å². The molecular formula is C13H20N2O. The average molecular weight is 220 g/mol. The van der Waals surface area contributed by atoms with Gasteiger partial charge in [-0.15, -0.1) is 0 Å². The zero-order valence-electron chi connectivity index (χ0n) is 9.64. The number of hydrogen-bond donors (Lipinski definition) is 1. The number of morpholine rings is 1. The molecular weight excluding hydrogens is 200 g/mol. The molecule has 0 saturated carbocycles. The Labute approximate surface area is 97.2 Å².